The van der Waals surface area contributed by atoms with E-state index in [-0.39, 0.29) is 24.8 Å². The highest BCUT2D eigenvalue weighted by molar-refractivity contribution is 5.81. The van der Waals surface area contributed by atoms with Crippen LogP contribution in [-0.2, 0) is 20.7 Å². The van der Waals surface area contributed by atoms with E-state index in [1.807, 2.05) is 0 Å². The molecule has 0 aliphatic carbocycles. The van der Waals surface area contributed by atoms with Gasteiger partial charge >= 0.3 is 5.97 Å². The Balaban J connectivity index is 2.15. The predicted octanol–water partition coefficient (Wildman–Crippen LogP) is 0.948. The number of carboxylic acid groups (broad SMARTS) is 1. The zero-order valence-corrected chi connectivity index (χ0v) is 15.0. The molecular weight excluding hydrogens is 324 g/mol. The summed E-state index contributed by atoms with van der Waals surface area (Å²) in [6.07, 6.45) is 1.76. The third-order valence-corrected chi connectivity index (χ3v) is 4.93. The number of methoxy groups -OCH3 is 1. The number of aromatic nitrogens is 2. The summed E-state index contributed by atoms with van der Waals surface area (Å²) in [6, 6.07) is 0. The van der Waals surface area contributed by atoms with Crippen molar-refractivity contribution in [3.8, 4) is 0 Å². The molecule has 0 saturated carbocycles. The predicted molar refractivity (Wildman–Crippen MR) is 92.0 cm³/mol. The monoisotopic (exact) mass is 350 g/mol. The summed E-state index contributed by atoms with van der Waals surface area (Å²) in [6.45, 7) is 4.72. The molecule has 0 bridgehead atoms. The highest BCUT2D eigenvalue weighted by Crippen LogP contribution is 2.34. The normalized spacial score (nSPS) is 20.5. The smallest absolute Gasteiger partial charge is 0.311 e. The van der Waals surface area contributed by atoms with E-state index >= 15 is 0 Å². The van der Waals surface area contributed by atoms with Crippen LogP contribution >= 0.6 is 0 Å². The molecule has 1 saturated heterocycles. The Kier molecular flexibility index (Phi) is 5.94. The lowest BCUT2D eigenvalue weighted by Crippen LogP contribution is -2.50. The molecule has 2 rings (SSSR count). The molecule has 25 heavy (non-hydrogen) atoms. The number of hydrogen-bond acceptors (Lipinski definition) is 6. The van der Waals surface area contributed by atoms with E-state index in [0.717, 1.165) is 5.56 Å². The summed E-state index contributed by atoms with van der Waals surface area (Å²) in [5.41, 5.74) is 6.80. The van der Waals surface area contributed by atoms with Crippen LogP contribution in [0.5, 0.6) is 0 Å². The standard InChI is InChI=1S/C17H26N4O4/c1-11-13(12(2)20-16(18)19-11)9-14(22)21-7-4-5-17(10-21,15(23)24)6-8-25-3/h4-10H2,1-3H3,(H,23,24)(H2,18,19,20)/t17-/m1/s1. The van der Waals surface area contributed by atoms with Crippen molar-refractivity contribution in [2.24, 2.45) is 5.41 Å². The van der Waals surface area contributed by atoms with Crippen LogP contribution in [0.2, 0.25) is 0 Å². The number of piperidine rings is 1. The molecule has 1 aliphatic rings. The lowest BCUT2D eigenvalue weighted by Gasteiger charge is -2.40. The van der Waals surface area contributed by atoms with E-state index in [4.69, 9.17) is 10.5 Å². The number of likely N-dealkylation sites (tertiary alicyclic amines) is 1. The second kappa shape index (κ2) is 7.77. The summed E-state index contributed by atoms with van der Waals surface area (Å²) in [4.78, 5) is 34.5. The minimum atomic E-state index is -0.939. The van der Waals surface area contributed by atoms with Crippen LogP contribution in [0.15, 0.2) is 0 Å². The van der Waals surface area contributed by atoms with Gasteiger partial charge in [-0.1, -0.05) is 0 Å². The molecule has 8 heteroatoms. The lowest BCUT2D eigenvalue weighted by atomic mass is 9.77. The first kappa shape index (κ1) is 19.1. The molecule has 1 fully saturated rings. The number of rotatable bonds is 6. The summed E-state index contributed by atoms with van der Waals surface area (Å²) in [7, 11) is 1.55. The molecular formula is C17H26N4O4. The summed E-state index contributed by atoms with van der Waals surface area (Å²) >= 11 is 0. The number of hydrogen-bond donors (Lipinski definition) is 2. The maximum atomic E-state index is 12.8. The quantitative estimate of drug-likeness (QED) is 0.784. The molecule has 0 radical (unpaired) electrons. The van der Waals surface area contributed by atoms with Gasteiger partial charge < -0.3 is 20.5 Å². The Morgan fingerprint density at radius 3 is 2.52 bits per heavy atom. The van der Waals surface area contributed by atoms with E-state index in [2.05, 4.69) is 9.97 Å². The summed E-state index contributed by atoms with van der Waals surface area (Å²) in [5.74, 6) is -0.791. The first-order valence-electron chi connectivity index (χ1n) is 8.39. The Morgan fingerprint density at radius 1 is 1.32 bits per heavy atom. The highest BCUT2D eigenvalue weighted by atomic mass is 16.5. The van der Waals surface area contributed by atoms with Crippen LogP contribution < -0.4 is 5.73 Å². The Bertz CT molecular complexity index is 641. The minimum absolute atomic E-state index is 0.109. The van der Waals surface area contributed by atoms with Gasteiger partial charge in [0.1, 0.15) is 0 Å². The van der Waals surface area contributed by atoms with Crippen molar-refractivity contribution in [1.82, 2.24) is 14.9 Å². The number of amides is 1. The molecule has 1 aliphatic heterocycles. The average Bonchev–Trinajstić information content (AvgIpc) is 2.56. The lowest BCUT2D eigenvalue weighted by molar-refractivity contribution is -0.156. The molecule has 1 aromatic heterocycles. The fraction of sp³-hybridized carbons (Fsp3) is 0.647. The second-order valence-corrected chi connectivity index (χ2v) is 6.66. The number of ether oxygens (including phenoxy) is 1. The van der Waals surface area contributed by atoms with Crippen LogP contribution in [0.1, 0.15) is 36.2 Å². The minimum Gasteiger partial charge on any atom is -0.481 e. The molecule has 138 valence electrons. The maximum absolute atomic E-state index is 12.8. The number of nitrogen functional groups attached to an aromatic ring is 1. The zero-order chi connectivity index (χ0) is 18.6. The van der Waals surface area contributed by atoms with Crippen molar-refractivity contribution in [3.63, 3.8) is 0 Å². The third-order valence-electron chi connectivity index (χ3n) is 4.93. The number of aliphatic carboxylic acids is 1. The maximum Gasteiger partial charge on any atom is 0.311 e. The van der Waals surface area contributed by atoms with Crippen LogP contribution in [0.4, 0.5) is 5.95 Å². The zero-order valence-electron chi connectivity index (χ0n) is 15.0. The number of anilines is 1. The van der Waals surface area contributed by atoms with Gasteiger partial charge in [0, 0.05) is 43.8 Å². The van der Waals surface area contributed by atoms with Gasteiger partial charge in [-0.05, 0) is 33.1 Å². The Labute approximate surface area is 147 Å². The summed E-state index contributed by atoms with van der Waals surface area (Å²) in [5, 5.41) is 9.70. The van der Waals surface area contributed by atoms with E-state index in [9.17, 15) is 14.7 Å². The SMILES string of the molecule is COCC[C@]1(C(=O)O)CCCN(C(=O)Cc2c(C)nc(N)nc2C)C1. The number of carbonyl (C=O) groups excluding carboxylic acids is 1. The van der Waals surface area contributed by atoms with Crippen molar-refractivity contribution >= 4 is 17.8 Å². The van der Waals surface area contributed by atoms with Crippen molar-refractivity contribution in [3.05, 3.63) is 17.0 Å². The number of nitrogens with two attached hydrogens (primary N) is 1. The molecule has 1 atom stereocenters. The van der Waals surface area contributed by atoms with Gasteiger partial charge in [0.2, 0.25) is 11.9 Å². The molecule has 1 aromatic rings. The number of carbonyl (C=O) groups is 2. The number of nitrogens with zero attached hydrogens (tertiary/aromatic N) is 3. The van der Waals surface area contributed by atoms with Crippen molar-refractivity contribution in [1.29, 1.82) is 0 Å². The van der Waals surface area contributed by atoms with Gasteiger partial charge in [-0.2, -0.15) is 0 Å². The number of aryl methyl sites for hydroxylation is 2. The van der Waals surface area contributed by atoms with E-state index in [1.54, 1.807) is 25.9 Å². The molecule has 0 aromatic carbocycles. The first-order chi connectivity index (χ1) is 11.8. The Hall–Kier alpha value is -2.22. The van der Waals surface area contributed by atoms with Crippen LogP contribution in [0.25, 0.3) is 0 Å². The molecule has 8 nitrogen and oxygen atoms in total. The first-order valence-corrected chi connectivity index (χ1v) is 8.39. The summed E-state index contributed by atoms with van der Waals surface area (Å²) < 4.78 is 5.06. The van der Waals surface area contributed by atoms with Gasteiger partial charge in [0.15, 0.2) is 0 Å². The fourth-order valence-corrected chi connectivity index (χ4v) is 3.41. The fourth-order valence-electron chi connectivity index (χ4n) is 3.41. The second-order valence-electron chi connectivity index (χ2n) is 6.66. The van der Waals surface area contributed by atoms with E-state index in [1.165, 1.54) is 0 Å². The van der Waals surface area contributed by atoms with Gasteiger partial charge in [-0.3, -0.25) is 9.59 Å². The molecule has 3 N–H and O–H groups in total. The number of carboxylic acids is 1. The molecule has 0 unspecified atom stereocenters. The van der Waals surface area contributed by atoms with Crippen molar-refractivity contribution in [2.45, 2.75) is 39.5 Å². The van der Waals surface area contributed by atoms with E-state index in [0.29, 0.717) is 43.8 Å². The topological polar surface area (TPSA) is 119 Å². The van der Waals surface area contributed by atoms with Crippen molar-refractivity contribution in [2.75, 3.05) is 32.5 Å². The van der Waals surface area contributed by atoms with Gasteiger partial charge in [-0.25, -0.2) is 9.97 Å². The third kappa shape index (κ3) is 4.25. The molecule has 0 spiro atoms. The highest BCUT2D eigenvalue weighted by Gasteiger charge is 2.43. The largest absolute Gasteiger partial charge is 0.481 e. The Morgan fingerprint density at radius 2 is 1.96 bits per heavy atom. The van der Waals surface area contributed by atoms with Crippen LogP contribution in [-0.4, -0.2) is 58.7 Å². The van der Waals surface area contributed by atoms with Crippen LogP contribution in [0.3, 0.4) is 0 Å². The average molecular weight is 350 g/mol. The van der Waals surface area contributed by atoms with Gasteiger partial charge in [0.05, 0.1) is 11.8 Å². The van der Waals surface area contributed by atoms with Crippen molar-refractivity contribution < 1.29 is 19.4 Å². The van der Waals surface area contributed by atoms with Gasteiger partial charge in [0.25, 0.3) is 0 Å². The van der Waals surface area contributed by atoms with E-state index < -0.39 is 11.4 Å². The molecule has 1 amide bonds. The van der Waals surface area contributed by atoms with Gasteiger partial charge in [-0.15, -0.1) is 0 Å². The molecule has 2 heterocycles. The van der Waals surface area contributed by atoms with Crippen LogP contribution in [0, 0.1) is 19.3 Å².